The summed E-state index contributed by atoms with van der Waals surface area (Å²) in [6.45, 7) is 2.47. The molecule has 0 fully saturated rings. The molecular weight excluding hydrogens is 404 g/mol. The summed E-state index contributed by atoms with van der Waals surface area (Å²) < 4.78 is 25.5. The maximum absolute atomic E-state index is 12.1. The number of benzene rings is 2. The number of carboxylic acid groups (broad SMARTS) is 1. The van der Waals surface area contributed by atoms with E-state index < -0.39 is 16.0 Å². The Labute approximate surface area is 174 Å². The molecule has 0 amide bonds. The number of aryl methyl sites for hydroxylation is 1. The van der Waals surface area contributed by atoms with Crippen LogP contribution in [0.15, 0.2) is 36.4 Å². The van der Waals surface area contributed by atoms with E-state index in [2.05, 4.69) is 4.98 Å². The number of carboxylic acids is 1. The molecule has 1 aliphatic heterocycles. The standard InChI is InChI=1S/C22H22N2O5S/c1-13-3-5-14(6-4-13)11-18-21(25)19(22(26)27)16-8-7-15-9-10-24(30(2,28)29)12-17(15)20(16)23-18/h3-8,25H,9-12H2,1-2H3,(H,26,27). The Morgan fingerprint density at radius 3 is 2.50 bits per heavy atom. The molecule has 1 aromatic heterocycles. The van der Waals surface area contributed by atoms with E-state index in [1.807, 2.05) is 31.2 Å². The van der Waals surface area contributed by atoms with Crippen molar-refractivity contribution in [3.63, 3.8) is 0 Å². The van der Waals surface area contributed by atoms with Crippen LogP contribution in [-0.2, 0) is 29.4 Å². The van der Waals surface area contributed by atoms with Crippen LogP contribution in [0.25, 0.3) is 10.9 Å². The normalized spacial score (nSPS) is 14.6. The summed E-state index contributed by atoms with van der Waals surface area (Å²) in [6.07, 6.45) is 1.95. The fourth-order valence-corrected chi connectivity index (χ4v) is 4.69. The molecule has 0 saturated heterocycles. The lowest BCUT2D eigenvalue weighted by Gasteiger charge is -2.28. The molecule has 30 heavy (non-hydrogen) atoms. The molecular formula is C22H22N2O5S. The van der Waals surface area contributed by atoms with E-state index in [9.17, 15) is 23.4 Å². The van der Waals surface area contributed by atoms with Crippen molar-refractivity contribution in [3.8, 4) is 5.75 Å². The number of aromatic hydroxyl groups is 1. The van der Waals surface area contributed by atoms with Gasteiger partial charge in [-0.15, -0.1) is 0 Å². The van der Waals surface area contributed by atoms with Gasteiger partial charge >= 0.3 is 5.97 Å². The van der Waals surface area contributed by atoms with Gasteiger partial charge in [0.15, 0.2) is 5.75 Å². The van der Waals surface area contributed by atoms with E-state index in [1.54, 1.807) is 12.1 Å². The average molecular weight is 426 g/mol. The number of sulfonamides is 1. The second-order valence-corrected chi connectivity index (χ2v) is 9.68. The molecule has 0 spiro atoms. The monoisotopic (exact) mass is 426 g/mol. The molecule has 7 nitrogen and oxygen atoms in total. The Balaban J connectivity index is 1.92. The number of hydrogen-bond donors (Lipinski definition) is 2. The highest BCUT2D eigenvalue weighted by Crippen LogP contribution is 2.35. The van der Waals surface area contributed by atoms with Gasteiger partial charge < -0.3 is 10.2 Å². The van der Waals surface area contributed by atoms with Gasteiger partial charge in [0.1, 0.15) is 5.56 Å². The number of fused-ring (bicyclic) bond motifs is 3. The summed E-state index contributed by atoms with van der Waals surface area (Å²) in [7, 11) is -3.39. The SMILES string of the molecule is Cc1ccc(Cc2nc3c4c(ccc3c(C(=O)O)c2O)CCN(S(C)(=O)=O)C4)cc1. The van der Waals surface area contributed by atoms with Crippen LogP contribution in [0.5, 0.6) is 5.75 Å². The summed E-state index contributed by atoms with van der Waals surface area (Å²) in [4.78, 5) is 16.6. The van der Waals surface area contributed by atoms with Crippen LogP contribution in [0.3, 0.4) is 0 Å². The zero-order chi connectivity index (χ0) is 21.6. The van der Waals surface area contributed by atoms with E-state index in [0.717, 1.165) is 22.9 Å². The predicted molar refractivity (Wildman–Crippen MR) is 113 cm³/mol. The van der Waals surface area contributed by atoms with Crippen LogP contribution in [0.1, 0.15) is 38.3 Å². The first-order chi connectivity index (χ1) is 14.1. The Morgan fingerprint density at radius 2 is 1.87 bits per heavy atom. The van der Waals surface area contributed by atoms with Crippen LogP contribution < -0.4 is 0 Å². The van der Waals surface area contributed by atoms with Crippen molar-refractivity contribution in [1.29, 1.82) is 0 Å². The lowest BCUT2D eigenvalue weighted by Crippen LogP contribution is -2.35. The maximum atomic E-state index is 12.1. The summed E-state index contributed by atoms with van der Waals surface area (Å²) in [5.41, 5.74) is 4.10. The molecule has 0 radical (unpaired) electrons. The largest absolute Gasteiger partial charge is 0.505 e. The van der Waals surface area contributed by atoms with E-state index in [0.29, 0.717) is 29.4 Å². The maximum Gasteiger partial charge on any atom is 0.340 e. The van der Waals surface area contributed by atoms with Crippen molar-refractivity contribution in [1.82, 2.24) is 9.29 Å². The van der Waals surface area contributed by atoms with Gasteiger partial charge in [-0.25, -0.2) is 18.2 Å². The van der Waals surface area contributed by atoms with Crippen molar-refractivity contribution in [2.24, 2.45) is 0 Å². The Morgan fingerprint density at radius 1 is 1.17 bits per heavy atom. The third-order valence-corrected chi connectivity index (χ3v) is 6.80. The number of aromatic nitrogens is 1. The van der Waals surface area contributed by atoms with E-state index in [1.165, 1.54) is 4.31 Å². The number of rotatable bonds is 4. The lowest BCUT2D eigenvalue weighted by atomic mass is 9.94. The molecule has 2 heterocycles. The van der Waals surface area contributed by atoms with Crippen LogP contribution in [0.4, 0.5) is 0 Å². The minimum Gasteiger partial charge on any atom is -0.505 e. The average Bonchev–Trinajstić information content (AvgIpc) is 2.68. The predicted octanol–water partition coefficient (Wildman–Crippen LogP) is 2.86. The van der Waals surface area contributed by atoms with Crippen molar-refractivity contribution in [2.45, 2.75) is 26.3 Å². The summed E-state index contributed by atoms with van der Waals surface area (Å²) >= 11 is 0. The second-order valence-electron chi connectivity index (χ2n) is 7.70. The van der Waals surface area contributed by atoms with E-state index in [-0.39, 0.29) is 30.0 Å². The molecule has 2 N–H and O–H groups in total. The first-order valence-corrected chi connectivity index (χ1v) is 11.4. The van der Waals surface area contributed by atoms with Gasteiger partial charge in [-0.1, -0.05) is 42.0 Å². The first-order valence-electron chi connectivity index (χ1n) is 9.55. The fraction of sp³-hybridized carbons (Fsp3) is 0.273. The Bertz CT molecular complexity index is 1270. The number of carbonyl (C=O) groups is 1. The molecule has 0 bridgehead atoms. The van der Waals surface area contributed by atoms with Crippen molar-refractivity contribution >= 4 is 26.9 Å². The first kappa shape index (κ1) is 20.3. The van der Waals surface area contributed by atoms with Gasteiger partial charge in [0, 0.05) is 24.9 Å². The highest BCUT2D eigenvalue weighted by atomic mass is 32.2. The quantitative estimate of drug-likeness (QED) is 0.664. The topological polar surface area (TPSA) is 108 Å². The number of aromatic carboxylic acids is 1. The van der Waals surface area contributed by atoms with Crippen molar-refractivity contribution < 1.29 is 23.4 Å². The molecule has 8 heteroatoms. The number of hydrogen-bond acceptors (Lipinski definition) is 5. The zero-order valence-electron chi connectivity index (χ0n) is 16.7. The summed E-state index contributed by atoms with van der Waals surface area (Å²) in [5.74, 6) is -1.60. The summed E-state index contributed by atoms with van der Waals surface area (Å²) in [5, 5.41) is 20.8. The molecule has 4 rings (SSSR count). The fourth-order valence-electron chi connectivity index (χ4n) is 3.90. The van der Waals surface area contributed by atoms with Gasteiger partial charge in [-0.05, 0) is 30.0 Å². The molecule has 0 aliphatic carbocycles. The molecule has 0 atom stereocenters. The van der Waals surface area contributed by atoms with Crippen LogP contribution in [-0.4, -0.2) is 46.7 Å². The minimum atomic E-state index is -3.39. The van der Waals surface area contributed by atoms with E-state index in [4.69, 9.17) is 0 Å². The van der Waals surface area contributed by atoms with Crippen molar-refractivity contribution in [2.75, 3.05) is 12.8 Å². The van der Waals surface area contributed by atoms with Gasteiger partial charge in [0.2, 0.25) is 10.0 Å². The van der Waals surface area contributed by atoms with Gasteiger partial charge in [0.25, 0.3) is 0 Å². The van der Waals surface area contributed by atoms with Crippen LogP contribution in [0, 0.1) is 6.92 Å². The number of pyridine rings is 1. The smallest absolute Gasteiger partial charge is 0.340 e. The summed E-state index contributed by atoms with van der Waals surface area (Å²) in [6, 6.07) is 11.1. The molecule has 156 valence electrons. The van der Waals surface area contributed by atoms with Gasteiger partial charge in [0.05, 0.1) is 17.5 Å². The van der Waals surface area contributed by atoms with Gasteiger partial charge in [-0.3, -0.25) is 0 Å². The molecule has 0 saturated carbocycles. The lowest BCUT2D eigenvalue weighted by molar-refractivity contribution is 0.0695. The zero-order valence-corrected chi connectivity index (χ0v) is 17.5. The van der Waals surface area contributed by atoms with Crippen molar-refractivity contribution in [3.05, 3.63) is 69.9 Å². The number of nitrogens with zero attached hydrogens (tertiary/aromatic N) is 2. The van der Waals surface area contributed by atoms with Gasteiger partial charge in [-0.2, -0.15) is 4.31 Å². The second kappa shape index (κ2) is 7.37. The molecule has 1 aliphatic rings. The highest BCUT2D eigenvalue weighted by Gasteiger charge is 2.28. The molecule has 3 aromatic rings. The highest BCUT2D eigenvalue weighted by molar-refractivity contribution is 7.88. The van der Waals surface area contributed by atoms with E-state index >= 15 is 0 Å². The third-order valence-electron chi connectivity index (χ3n) is 5.55. The van der Waals surface area contributed by atoms with Crippen LogP contribution in [0.2, 0.25) is 0 Å². The third kappa shape index (κ3) is 3.64. The minimum absolute atomic E-state index is 0.131. The Kier molecular flexibility index (Phi) is 4.99. The molecule has 0 unspecified atom stereocenters. The Hall–Kier alpha value is -2.97. The van der Waals surface area contributed by atoms with Crippen LogP contribution >= 0.6 is 0 Å². The molecule has 2 aromatic carbocycles.